The molecular weight excluding hydrogens is 304 g/mol. The highest BCUT2D eigenvalue weighted by molar-refractivity contribution is 5.66. The minimum Gasteiger partial charge on any atom is -0.481 e. The van der Waals surface area contributed by atoms with Gasteiger partial charge >= 0.3 is 5.97 Å². The monoisotopic (exact) mass is 334 g/mol. The van der Waals surface area contributed by atoms with Crippen LogP contribution in [0.1, 0.15) is 51.9 Å². The molecule has 134 valence electrons. The largest absolute Gasteiger partial charge is 0.481 e. The summed E-state index contributed by atoms with van der Waals surface area (Å²) in [5.74, 6) is -0.749. The molecule has 0 aliphatic carbocycles. The average Bonchev–Trinajstić information content (AvgIpc) is 2.57. The zero-order valence-electron chi connectivity index (χ0n) is 14.5. The highest BCUT2D eigenvalue weighted by atomic mass is 17.1. The fraction of sp³-hybridized carbons (Fsp3) is 0.450. The van der Waals surface area contributed by atoms with E-state index in [9.17, 15) is 4.79 Å². The molecule has 0 saturated heterocycles. The molecule has 24 heavy (non-hydrogen) atoms. The first-order valence-corrected chi connectivity index (χ1v) is 8.51. The van der Waals surface area contributed by atoms with E-state index in [2.05, 4.69) is 30.0 Å². The number of carbonyl (C=O) groups is 1. The van der Waals surface area contributed by atoms with Gasteiger partial charge in [-0.25, -0.2) is 4.89 Å². The van der Waals surface area contributed by atoms with Crippen molar-refractivity contribution in [3.63, 3.8) is 0 Å². The van der Waals surface area contributed by atoms with Gasteiger partial charge in [0, 0.05) is 6.42 Å². The Morgan fingerprint density at radius 1 is 1.00 bits per heavy atom. The topological polar surface area (TPSA) is 66.8 Å². The van der Waals surface area contributed by atoms with Crippen LogP contribution < -0.4 is 0 Å². The smallest absolute Gasteiger partial charge is 0.303 e. The van der Waals surface area contributed by atoms with Crippen LogP contribution in [-0.4, -0.2) is 22.4 Å². The van der Waals surface area contributed by atoms with Gasteiger partial charge in [-0.05, 0) is 38.5 Å². The molecule has 4 heteroatoms. The van der Waals surface area contributed by atoms with E-state index in [1.165, 1.54) is 0 Å². The molecule has 0 aliphatic rings. The lowest BCUT2D eigenvalue weighted by Gasteiger charge is -2.03. The summed E-state index contributed by atoms with van der Waals surface area (Å²) in [5, 5.41) is 17.4. The lowest BCUT2D eigenvalue weighted by molar-refractivity contribution is -0.264. The molecule has 0 saturated carbocycles. The Balaban J connectivity index is 3.85. The van der Waals surface area contributed by atoms with E-state index in [4.69, 9.17) is 10.4 Å². The Labute approximate surface area is 145 Å². The minimum atomic E-state index is -0.749. The number of carboxylic acids is 1. The second kappa shape index (κ2) is 17.4. The van der Waals surface area contributed by atoms with E-state index in [1.807, 2.05) is 36.5 Å². The molecule has 0 aliphatic heterocycles. The molecule has 0 spiro atoms. The number of rotatable bonds is 14. The van der Waals surface area contributed by atoms with Crippen molar-refractivity contribution in [2.75, 3.05) is 0 Å². The zero-order valence-corrected chi connectivity index (χ0v) is 14.5. The summed E-state index contributed by atoms with van der Waals surface area (Å²) < 4.78 is 0. The van der Waals surface area contributed by atoms with Gasteiger partial charge in [-0.3, -0.25) is 10.1 Å². The quantitative estimate of drug-likeness (QED) is 0.145. The Bertz CT molecular complexity index is 445. The van der Waals surface area contributed by atoms with Crippen molar-refractivity contribution >= 4 is 5.97 Å². The fourth-order valence-corrected chi connectivity index (χ4v) is 1.83. The van der Waals surface area contributed by atoms with Crippen molar-refractivity contribution in [1.82, 2.24) is 0 Å². The summed E-state index contributed by atoms with van der Waals surface area (Å²) in [6.45, 7) is 2.10. The molecule has 0 bridgehead atoms. The number of hydrogen-bond donors (Lipinski definition) is 2. The fourth-order valence-electron chi connectivity index (χ4n) is 1.83. The number of aliphatic carboxylic acids is 1. The molecule has 0 heterocycles. The van der Waals surface area contributed by atoms with Gasteiger partial charge in [0.2, 0.25) is 0 Å². The second-order valence-electron chi connectivity index (χ2n) is 5.27. The predicted octanol–water partition coefficient (Wildman–Crippen LogP) is 5.46. The number of carboxylic acid groups (broad SMARTS) is 1. The number of allylic oxidation sites excluding steroid dienone is 8. The lowest BCUT2D eigenvalue weighted by Crippen LogP contribution is -2.04. The molecule has 0 aromatic heterocycles. The third-order valence-corrected chi connectivity index (χ3v) is 3.12. The zero-order chi connectivity index (χ0) is 17.9. The van der Waals surface area contributed by atoms with Gasteiger partial charge in [0.1, 0.15) is 6.10 Å². The second-order valence-corrected chi connectivity index (χ2v) is 5.27. The van der Waals surface area contributed by atoms with Crippen LogP contribution in [-0.2, 0) is 9.68 Å². The molecule has 0 aromatic rings. The van der Waals surface area contributed by atoms with Gasteiger partial charge in [-0.1, -0.05) is 67.7 Å². The maximum Gasteiger partial charge on any atom is 0.303 e. The molecule has 0 aromatic carbocycles. The average molecular weight is 334 g/mol. The maximum atomic E-state index is 10.3. The van der Waals surface area contributed by atoms with Crippen molar-refractivity contribution in [1.29, 1.82) is 0 Å². The summed E-state index contributed by atoms with van der Waals surface area (Å²) in [5.41, 5.74) is 0. The highest BCUT2D eigenvalue weighted by Gasteiger charge is 1.99. The Morgan fingerprint density at radius 3 is 2.42 bits per heavy atom. The molecule has 0 fully saturated rings. The molecule has 2 N–H and O–H groups in total. The van der Waals surface area contributed by atoms with Gasteiger partial charge < -0.3 is 5.11 Å². The molecular formula is C20H30O4. The van der Waals surface area contributed by atoms with Crippen molar-refractivity contribution < 1.29 is 20.0 Å². The standard InChI is InChI=1S/C20H30O4/c1-2-3-4-5-10-13-16-19(24-23)17-14-11-8-6-7-9-12-15-18-20(21)22/h3-4,7-11,13-14,17,19,23H,2,5-6,12,15-16,18H2,1H3,(H,21,22)/b4-3+,9-7-,11-8+,13-10+,17-14+/t19-/m0/s1. The van der Waals surface area contributed by atoms with Crippen molar-refractivity contribution in [2.24, 2.45) is 0 Å². The first-order chi connectivity index (χ1) is 11.7. The van der Waals surface area contributed by atoms with Crippen LogP contribution >= 0.6 is 0 Å². The number of unbranched alkanes of at least 4 members (excludes halogenated alkanes) is 1. The van der Waals surface area contributed by atoms with Crippen molar-refractivity contribution in [3.05, 3.63) is 60.8 Å². The molecule has 0 radical (unpaired) electrons. The number of hydrogen-bond acceptors (Lipinski definition) is 3. The van der Waals surface area contributed by atoms with E-state index >= 15 is 0 Å². The Kier molecular flexibility index (Phi) is 16.1. The van der Waals surface area contributed by atoms with Crippen LogP contribution in [0.3, 0.4) is 0 Å². The summed E-state index contributed by atoms with van der Waals surface area (Å²) in [7, 11) is 0. The summed E-state index contributed by atoms with van der Waals surface area (Å²) in [4.78, 5) is 14.8. The normalized spacial score (nSPS) is 14.1. The summed E-state index contributed by atoms with van der Waals surface area (Å²) in [6.07, 6.45) is 24.5. The maximum absolute atomic E-state index is 10.3. The van der Waals surface area contributed by atoms with Crippen molar-refractivity contribution in [2.45, 2.75) is 58.0 Å². The van der Waals surface area contributed by atoms with E-state index in [-0.39, 0.29) is 12.5 Å². The van der Waals surface area contributed by atoms with Crippen molar-refractivity contribution in [3.8, 4) is 0 Å². The summed E-state index contributed by atoms with van der Waals surface area (Å²) in [6, 6.07) is 0. The van der Waals surface area contributed by atoms with Gasteiger partial charge in [0.15, 0.2) is 0 Å². The van der Waals surface area contributed by atoms with Gasteiger partial charge in [0.05, 0.1) is 0 Å². The van der Waals surface area contributed by atoms with Crippen LogP contribution in [0.5, 0.6) is 0 Å². The highest BCUT2D eigenvalue weighted by Crippen LogP contribution is 2.02. The molecule has 1 atom stereocenters. The lowest BCUT2D eigenvalue weighted by atomic mass is 10.2. The van der Waals surface area contributed by atoms with Crippen LogP contribution in [0.15, 0.2) is 60.8 Å². The van der Waals surface area contributed by atoms with E-state index in [0.29, 0.717) is 12.8 Å². The van der Waals surface area contributed by atoms with E-state index in [1.54, 1.807) is 6.08 Å². The molecule has 0 rings (SSSR count). The molecule has 4 nitrogen and oxygen atoms in total. The van der Waals surface area contributed by atoms with Crippen LogP contribution in [0.25, 0.3) is 0 Å². The van der Waals surface area contributed by atoms with Crippen LogP contribution in [0, 0.1) is 0 Å². The third-order valence-electron chi connectivity index (χ3n) is 3.12. The van der Waals surface area contributed by atoms with Gasteiger partial charge in [-0.2, -0.15) is 0 Å². The van der Waals surface area contributed by atoms with Gasteiger partial charge in [0.25, 0.3) is 0 Å². The van der Waals surface area contributed by atoms with E-state index < -0.39 is 5.97 Å². The van der Waals surface area contributed by atoms with Gasteiger partial charge in [-0.15, -0.1) is 0 Å². The van der Waals surface area contributed by atoms with E-state index in [0.717, 1.165) is 25.7 Å². The minimum absolute atomic E-state index is 0.217. The summed E-state index contributed by atoms with van der Waals surface area (Å²) >= 11 is 0. The predicted molar refractivity (Wildman–Crippen MR) is 98.8 cm³/mol. The molecule has 0 unspecified atom stereocenters. The van der Waals surface area contributed by atoms with Crippen LogP contribution in [0.4, 0.5) is 0 Å². The first kappa shape index (κ1) is 22.1. The third kappa shape index (κ3) is 16.5. The Morgan fingerprint density at radius 2 is 1.71 bits per heavy atom. The van der Waals surface area contributed by atoms with Crippen LogP contribution in [0.2, 0.25) is 0 Å². The Hall–Kier alpha value is -1.91. The molecule has 0 amide bonds. The first-order valence-electron chi connectivity index (χ1n) is 8.51. The SMILES string of the molecule is CC/C=C/C/C=C/C[C@@H](/C=C/C=C/C/C=C\CCCC(=O)O)OO.